The van der Waals surface area contributed by atoms with Gasteiger partial charge in [0.1, 0.15) is 5.75 Å². The van der Waals surface area contributed by atoms with Gasteiger partial charge < -0.3 is 9.08 Å². The molecular weight excluding hydrogens is 500 g/mol. The minimum Gasteiger partial charge on any atom is -0.399 e. The summed E-state index contributed by atoms with van der Waals surface area (Å²) in [6.07, 6.45) is 3.17. The van der Waals surface area contributed by atoms with Crippen molar-refractivity contribution in [1.29, 1.82) is 0 Å². The third-order valence-electron chi connectivity index (χ3n) is 5.61. The molecule has 0 aliphatic rings. The lowest BCUT2D eigenvalue weighted by Gasteiger charge is -2.10. The maximum absolute atomic E-state index is 5.64. The largest absolute Gasteiger partial charge is 0.399 e. The number of hydroxylamine groups is 2. The second kappa shape index (κ2) is 15.1. The zero-order chi connectivity index (χ0) is 26.6. The van der Waals surface area contributed by atoms with E-state index in [0.717, 1.165) is 37.5 Å². The summed E-state index contributed by atoms with van der Waals surface area (Å²) < 4.78 is 11.8. The lowest BCUT2D eigenvalue weighted by atomic mass is 9.97. The number of hydrogen-bond donors (Lipinski definition) is 0. The third kappa shape index (κ3) is 8.85. The Balaban J connectivity index is 0.00000186. The van der Waals surface area contributed by atoms with Gasteiger partial charge in [0, 0.05) is 23.7 Å². The minimum atomic E-state index is 0.722. The van der Waals surface area contributed by atoms with Gasteiger partial charge in [-0.05, 0) is 85.7 Å². The number of aryl methyl sites for hydroxylation is 1. The van der Waals surface area contributed by atoms with Crippen LogP contribution in [0.4, 0.5) is 0 Å². The molecule has 37 heavy (non-hydrogen) atoms. The van der Waals surface area contributed by atoms with E-state index in [1.807, 2.05) is 19.9 Å². The summed E-state index contributed by atoms with van der Waals surface area (Å²) in [7, 11) is 7.73. The van der Waals surface area contributed by atoms with Crippen LogP contribution in [0.5, 0.6) is 5.75 Å². The van der Waals surface area contributed by atoms with Crippen LogP contribution in [0.1, 0.15) is 37.0 Å². The van der Waals surface area contributed by atoms with Crippen molar-refractivity contribution in [2.24, 2.45) is 0 Å². The summed E-state index contributed by atoms with van der Waals surface area (Å²) in [5, 5.41) is 2.71. The Morgan fingerprint density at radius 1 is 0.838 bits per heavy atom. The number of rotatable bonds is 12. The SMILES string of the molecule is CC.CN(C)CCCc1ccc(Cc2c(-c3ccccc3)sc3cc(OSOON(C)C)ccc23)cc1. The molecule has 5 nitrogen and oxygen atoms in total. The van der Waals surface area contributed by atoms with Gasteiger partial charge in [0.05, 0.1) is 0 Å². The number of hydrogen-bond acceptors (Lipinski definition) is 7. The summed E-state index contributed by atoms with van der Waals surface area (Å²) in [5.41, 5.74) is 5.31. The van der Waals surface area contributed by atoms with Crippen molar-refractivity contribution in [3.05, 3.63) is 89.5 Å². The van der Waals surface area contributed by atoms with E-state index in [2.05, 4.69) is 85.7 Å². The summed E-state index contributed by atoms with van der Waals surface area (Å²) >= 11 is 2.60. The van der Waals surface area contributed by atoms with Gasteiger partial charge in [-0.1, -0.05) is 68.4 Å². The number of thiophene rings is 1. The fourth-order valence-corrected chi connectivity index (χ4v) is 5.55. The maximum atomic E-state index is 5.64. The lowest BCUT2D eigenvalue weighted by molar-refractivity contribution is -0.342. The van der Waals surface area contributed by atoms with Crippen molar-refractivity contribution >= 4 is 33.7 Å². The van der Waals surface area contributed by atoms with Gasteiger partial charge in [0.2, 0.25) is 0 Å². The molecule has 0 aliphatic heterocycles. The van der Waals surface area contributed by atoms with Gasteiger partial charge in [0.25, 0.3) is 12.3 Å². The molecule has 0 fully saturated rings. The fourth-order valence-electron chi connectivity index (χ4n) is 3.93. The Morgan fingerprint density at radius 3 is 2.22 bits per heavy atom. The molecule has 7 heteroatoms. The van der Waals surface area contributed by atoms with E-state index in [4.69, 9.17) is 13.5 Å². The van der Waals surface area contributed by atoms with E-state index in [1.54, 1.807) is 25.4 Å². The summed E-state index contributed by atoms with van der Waals surface area (Å²) in [6, 6.07) is 25.9. The normalized spacial score (nSPS) is 11.1. The monoisotopic (exact) mass is 538 g/mol. The summed E-state index contributed by atoms with van der Waals surface area (Å²) in [4.78, 5) is 8.45. The standard InChI is InChI=1S/C28H32N2O3S2.C2H6/c1-29(2)18-8-9-21-12-14-22(15-13-21)19-26-25-17-16-24(31-35-33-32-30(3)4)20-27(25)34-28(26)23-10-6-5-7-11-23;1-2/h5-7,10-17,20H,8-9,18-19H2,1-4H3;1-2H3. The first-order valence-electron chi connectivity index (χ1n) is 12.7. The number of nitrogens with zero attached hydrogens (tertiary/aromatic N) is 2. The molecule has 1 heterocycles. The fraction of sp³-hybridized carbons (Fsp3) is 0.333. The van der Waals surface area contributed by atoms with Crippen molar-refractivity contribution in [3.63, 3.8) is 0 Å². The minimum absolute atomic E-state index is 0.722. The van der Waals surface area contributed by atoms with Crippen LogP contribution >= 0.6 is 23.7 Å². The van der Waals surface area contributed by atoms with E-state index in [1.165, 1.54) is 48.7 Å². The average Bonchev–Trinajstić information content (AvgIpc) is 3.26. The molecule has 198 valence electrons. The van der Waals surface area contributed by atoms with Gasteiger partial charge in [-0.15, -0.1) is 20.7 Å². The molecule has 3 aromatic carbocycles. The van der Waals surface area contributed by atoms with E-state index >= 15 is 0 Å². The Hall–Kier alpha value is -2.39. The smallest absolute Gasteiger partial charge is 0.260 e. The van der Waals surface area contributed by atoms with Crippen LogP contribution < -0.4 is 4.18 Å². The molecule has 4 rings (SSSR count). The first-order valence-corrected chi connectivity index (χ1v) is 14.2. The lowest BCUT2D eigenvalue weighted by Crippen LogP contribution is -2.13. The van der Waals surface area contributed by atoms with Crippen molar-refractivity contribution < 1.29 is 13.5 Å². The van der Waals surface area contributed by atoms with Crippen LogP contribution in [-0.4, -0.2) is 44.7 Å². The van der Waals surface area contributed by atoms with Crippen LogP contribution in [0.3, 0.4) is 0 Å². The van der Waals surface area contributed by atoms with Crippen LogP contribution in [0.2, 0.25) is 0 Å². The Morgan fingerprint density at radius 2 is 1.54 bits per heavy atom. The molecule has 0 N–H and O–H groups in total. The molecule has 4 aromatic rings. The van der Waals surface area contributed by atoms with Gasteiger partial charge in [0.15, 0.2) is 0 Å². The Bertz CT molecular complexity index is 1210. The highest BCUT2D eigenvalue weighted by Gasteiger charge is 2.15. The third-order valence-corrected chi connectivity index (χ3v) is 7.23. The number of benzene rings is 3. The zero-order valence-corrected chi connectivity index (χ0v) is 24.3. The van der Waals surface area contributed by atoms with E-state index < -0.39 is 0 Å². The molecule has 0 atom stereocenters. The van der Waals surface area contributed by atoms with Crippen LogP contribution in [-0.2, 0) is 22.2 Å². The summed E-state index contributed by atoms with van der Waals surface area (Å²) in [6.45, 7) is 5.11. The molecule has 0 radical (unpaired) electrons. The van der Waals surface area contributed by atoms with E-state index in [0.29, 0.717) is 0 Å². The quantitative estimate of drug-likeness (QED) is 0.0786. The van der Waals surface area contributed by atoms with Crippen molar-refractivity contribution in [2.45, 2.75) is 33.1 Å². The van der Waals surface area contributed by atoms with Crippen molar-refractivity contribution in [3.8, 4) is 16.2 Å². The summed E-state index contributed by atoms with van der Waals surface area (Å²) in [5.74, 6) is 0.722. The molecule has 0 aliphatic carbocycles. The second-order valence-electron chi connectivity index (χ2n) is 8.94. The van der Waals surface area contributed by atoms with Crippen LogP contribution in [0.15, 0.2) is 72.8 Å². The predicted octanol–water partition coefficient (Wildman–Crippen LogP) is 8.05. The molecule has 0 saturated heterocycles. The van der Waals surface area contributed by atoms with Crippen molar-refractivity contribution in [1.82, 2.24) is 9.96 Å². The van der Waals surface area contributed by atoms with Gasteiger partial charge >= 0.3 is 0 Å². The average molecular weight is 539 g/mol. The maximum Gasteiger partial charge on any atom is 0.260 e. The second-order valence-corrected chi connectivity index (χ2v) is 10.4. The van der Waals surface area contributed by atoms with E-state index in [9.17, 15) is 0 Å². The topological polar surface area (TPSA) is 34.2 Å². The first kappa shape index (κ1) is 29.2. The van der Waals surface area contributed by atoms with E-state index in [-0.39, 0.29) is 0 Å². The predicted molar refractivity (Wildman–Crippen MR) is 159 cm³/mol. The highest BCUT2D eigenvalue weighted by molar-refractivity contribution is 7.90. The van der Waals surface area contributed by atoms with Crippen LogP contribution in [0, 0.1) is 0 Å². The van der Waals surface area contributed by atoms with Crippen LogP contribution in [0.25, 0.3) is 20.5 Å². The highest BCUT2D eigenvalue weighted by atomic mass is 32.2. The first-order chi connectivity index (χ1) is 18.0. The molecule has 0 bridgehead atoms. The molecular formula is C30H38N2O3S2. The zero-order valence-electron chi connectivity index (χ0n) is 22.7. The molecule has 0 saturated carbocycles. The Kier molecular flexibility index (Phi) is 11.9. The molecule has 1 aromatic heterocycles. The van der Waals surface area contributed by atoms with Gasteiger partial charge in [-0.2, -0.15) is 5.06 Å². The number of fused-ring (bicyclic) bond motifs is 1. The molecule has 0 unspecified atom stereocenters. The van der Waals surface area contributed by atoms with Crippen molar-refractivity contribution in [2.75, 3.05) is 34.7 Å². The molecule has 0 spiro atoms. The van der Waals surface area contributed by atoms with Gasteiger partial charge in [-0.25, -0.2) is 0 Å². The molecule has 0 amide bonds. The highest BCUT2D eigenvalue weighted by Crippen LogP contribution is 2.41. The Labute approximate surface area is 230 Å². The van der Waals surface area contributed by atoms with Gasteiger partial charge in [-0.3, -0.25) is 0 Å².